The fourth-order valence-corrected chi connectivity index (χ4v) is 3.17. The Labute approximate surface area is 120 Å². The number of nitrogens with one attached hydrogen (secondary N) is 1. The topological polar surface area (TPSA) is 32.3 Å². The molecule has 1 unspecified atom stereocenters. The molecule has 0 aromatic heterocycles. The summed E-state index contributed by atoms with van der Waals surface area (Å²) < 4.78 is 0. The number of halogens is 1. The minimum atomic E-state index is 0. The van der Waals surface area contributed by atoms with Crippen molar-refractivity contribution in [2.75, 3.05) is 26.2 Å². The van der Waals surface area contributed by atoms with Crippen LogP contribution in [0.1, 0.15) is 18.4 Å². The minimum Gasteiger partial charge on any atom is -0.342 e. The number of carbonyl (C=O) groups excluding carboxylic acids is 1. The number of likely N-dealkylation sites (tertiary alicyclic amines) is 1. The summed E-state index contributed by atoms with van der Waals surface area (Å²) in [6.45, 7) is 4.09. The molecule has 1 aromatic rings. The van der Waals surface area contributed by atoms with E-state index in [-0.39, 0.29) is 18.3 Å². The highest BCUT2D eigenvalue weighted by molar-refractivity contribution is 5.85. The van der Waals surface area contributed by atoms with Crippen LogP contribution in [0.15, 0.2) is 30.3 Å². The molecule has 3 rings (SSSR count). The largest absolute Gasteiger partial charge is 0.342 e. The molecule has 1 aromatic carbocycles. The van der Waals surface area contributed by atoms with Crippen molar-refractivity contribution in [2.45, 2.75) is 19.3 Å². The van der Waals surface area contributed by atoms with Crippen LogP contribution in [-0.2, 0) is 11.2 Å². The number of amides is 1. The van der Waals surface area contributed by atoms with Crippen molar-refractivity contribution in [3.63, 3.8) is 0 Å². The minimum absolute atomic E-state index is 0. The van der Waals surface area contributed by atoms with Gasteiger partial charge in [-0.25, -0.2) is 0 Å². The molecule has 2 aliphatic heterocycles. The van der Waals surface area contributed by atoms with Crippen molar-refractivity contribution in [2.24, 2.45) is 5.41 Å². The Morgan fingerprint density at radius 3 is 2.74 bits per heavy atom. The van der Waals surface area contributed by atoms with Crippen molar-refractivity contribution < 1.29 is 4.79 Å². The summed E-state index contributed by atoms with van der Waals surface area (Å²) >= 11 is 0. The molecule has 2 saturated heterocycles. The number of nitrogens with zero attached hydrogens (tertiary/aromatic N) is 1. The van der Waals surface area contributed by atoms with Gasteiger partial charge in [0.15, 0.2) is 0 Å². The molecule has 19 heavy (non-hydrogen) atoms. The van der Waals surface area contributed by atoms with Gasteiger partial charge < -0.3 is 10.2 Å². The number of hydrogen-bond donors (Lipinski definition) is 1. The van der Waals surface area contributed by atoms with Crippen molar-refractivity contribution >= 4 is 18.3 Å². The highest BCUT2D eigenvalue weighted by Gasteiger charge is 2.41. The zero-order valence-corrected chi connectivity index (χ0v) is 11.9. The van der Waals surface area contributed by atoms with Crippen LogP contribution in [-0.4, -0.2) is 37.0 Å². The maximum Gasteiger partial charge on any atom is 0.227 e. The number of hydrogen-bond acceptors (Lipinski definition) is 2. The fourth-order valence-electron chi connectivity index (χ4n) is 3.17. The van der Waals surface area contributed by atoms with Crippen LogP contribution in [0.25, 0.3) is 0 Å². The van der Waals surface area contributed by atoms with Crippen molar-refractivity contribution in [3.05, 3.63) is 35.9 Å². The zero-order valence-electron chi connectivity index (χ0n) is 11.1. The maximum absolute atomic E-state index is 12.3. The zero-order chi connectivity index (χ0) is 12.4. The monoisotopic (exact) mass is 280 g/mol. The van der Waals surface area contributed by atoms with Gasteiger partial charge in [0.25, 0.3) is 0 Å². The quantitative estimate of drug-likeness (QED) is 0.897. The van der Waals surface area contributed by atoms with E-state index in [1.165, 1.54) is 12.8 Å². The summed E-state index contributed by atoms with van der Waals surface area (Å²) in [6.07, 6.45) is 2.94. The van der Waals surface area contributed by atoms with Crippen LogP contribution in [0.5, 0.6) is 0 Å². The summed E-state index contributed by atoms with van der Waals surface area (Å²) in [4.78, 5) is 14.3. The van der Waals surface area contributed by atoms with Gasteiger partial charge in [-0.05, 0) is 24.9 Å². The Balaban J connectivity index is 0.00000133. The Morgan fingerprint density at radius 1 is 1.26 bits per heavy atom. The van der Waals surface area contributed by atoms with Crippen LogP contribution in [0.2, 0.25) is 0 Å². The molecule has 2 aliphatic rings. The molecule has 104 valence electrons. The number of carbonyl (C=O) groups is 1. The van der Waals surface area contributed by atoms with Crippen LogP contribution in [0.3, 0.4) is 0 Å². The number of benzene rings is 1. The third-order valence-electron chi connectivity index (χ3n) is 4.32. The van der Waals surface area contributed by atoms with E-state index in [9.17, 15) is 4.79 Å². The van der Waals surface area contributed by atoms with E-state index in [4.69, 9.17) is 0 Å². The van der Waals surface area contributed by atoms with E-state index < -0.39 is 0 Å². The molecule has 0 radical (unpaired) electrons. The normalized spacial score (nSPS) is 25.6. The van der Waals surface area contributed by atoms with Gasteiger partial charge in [-0.1, -0.05) is 30.3 Å². The standard InChI is InChI=1S/C15H20N2O.ClH/c18-14(10-13-4-2-1-3-5-13)17-9-7-15(12-17)6-8-16-11-15;/h1-5,16H,6-12H2;1H. The molecule has 1 spiro atoms. The van der Waals surface area contributed by atoms with Crippen molar-refractivity contribution in [3.8, 4) is 0 Å². The lowest BCUT2D eigenvalue weighted by Gasteiger charge is -2.22. The van der Waals surface area contributed by atoms with Gasteiger partial charge in [-0.15, -0.1) is 12.4 Å². The Kier molecular flexibility index (Phi) is 4.48. The molecular weight excluding hydrogens is 260 g/mol. The lowest BCUT2D eigenvalue weighted by molar-refractivity contribution is -0.129. The van der Waals surface area contributed by atoms with Crippen LogP contribution >= 0.6 is 12.4 Å². The molecule has 3 nitrogen and oxygen atoms in total. The van der Waals surface area contributed by atoms with Gasteiger partial charge in [0.05, 0.1) is 6.42 Å². The smallest absolute Gasteiger partial charge is 0.227 e. The van der Waals surface area contributed by atoms with Gasteiger partial charge >= 0.3 is 0 Å². The van der Waals surface area contributed by atoms with Gasteiger partial charge in [-0.3, -0.25) is 4.79 Å². The highest BCUT2D eigenvalue weighted by atomic mass is 35.5. The van der Waals surface area contributed by atoms with Gasteiger partial charge in [-0.2, -0.15) is 0 Å². The molecule has 0 saturated carbocycles. The molecule has 1 atom stereocenters. The molecule has 1 N–H and O–H groups in total. The summed E-state index contributed by atoms with van der Waals surface area (Å²) in [6, 6.07) is 10.0. The Bertz CT molecular complexity index is 429. The van der Waals surface area contributed by atoms with E-state index in [0.717, 1.165) is 31.7 Å². The first-order valence-corrected chi connectivity index (χ1v) is 6.80. The van der Waals surface area contributed by atoms with E-state index in [1.807, 2.05) is 30.3 Å². The molecule has 2 fully saturated rings. The lowest BCUT2D eigenvalue weighted by atomic mass is 9.86. The van der Waals surface area contributed by atoms with Crippen molar-refractivity contribution in [1.29, 1.82) is 0 Å². The van der Waals surface area contributed by atoms with Crippen LogP contribution < -0.4 is 5.32 Å². The molecule has 1 amide bonds. The van der Waals surface area contributed by atoms with Gasteiger partial charge in [0.1, 0.15) is 0 Å². The highest BCUT2D eigenvalue weighted by Crippen LogP contribution is 2.36. The summed E-state index contributed by atoms with van der Waals surface area (Å²) in [5.74, 6) is 0.282. The van der Waals surface area contributed by atoms with Gasteiger partial charge in [0, 0.05) is 25.0 Å². The molecular formula is C15H21ClN2O. The molecule has 2 heterocycles. The first-order chi connectivity index (χ1) is 8.77. The summed E-state index contributed by atoms with van der Waals surface area (Å²) in [5, 5.41) is 3.43. The van der Waals surface area contributed by atoms with E-state index in [0.29, 0.717) is 11.8 Å². The molecule has 0 aliphatic carbocycles. The SMILES string of the molecule is Cl.O=C(Cc1ccccc1)N1CCC2(CCNC2)C1. The lowest BCUT2D eigenvalue weighted by Crippen LogP contribution is -2.34. The summed E-state index contributed by atoms with van der Waals surface area (Å²) in [7, 11) is 0. The third kappa shape index (κ3) is 3.10. The van der Waals surface area contributed by atoms with Gasteiger partial charge in [0.2, 0.25) is 5.91 Å². The maximum atomic E-state index is 12.3. The van der Waals surface area contributed by atoms with Crippen molar-refractivity contribution in [1.82, 2.24) is 10.2 Å². The third-order valence-corrected chi connectivity index (χ3v) is 4.32. The van der Waals surface area contributed by atoms with E-state index in [1.54, 1.807) is 0 Å². The molecule has 0 bridgehead atoms. The summed E-state index contributed by atoms with van der Waals surface area (Å²) in [5.41, 5.74) is 1.50. The first kappa shape index (κ1) is 14.4. The second kappa shape index (κ2) is 5.93. The second-order valence-electron chi connectivity index (χ2n) is 5.65. The predicted octanol–water partition coefficient (Wildman–Crippen LogP) is 1.86. The predicted molar refractivity (Wildman–Crippen MR) is 78.5 cm³/mol. The average Bonchev–Trinajstić information content (AvgIpc) is 3.02. The first-order valence-electron chi connectivity index (χ1n) is 6.80. The fraction of sp³-hybridized carbons (Fsp3) is 0.533. The van der Waals surface area contributed by atoms with Crippen LogP contribution in [0.4, 0.5) is 0 Å². The van der Waals surface area contributed by atoms with E-state index >= 15 is 0 Å². The van der Waals surface area contributed by atoms with E-state index in [2.05, 4.69) is 10.2 Å². The molecule has 4 heteroatoms. The Morgan fingerprint density at radius 2 is 2.05 bits per heavy atom. The average molecular weight is 281 g/mol. The second-order valence-corrected chi connectivity index (χ2v) is 5.65. The number of rotatable bonds is 2. The Hall–Kier alpha value is -1.06. The van der Waals surface area contributed by atoms with Crippen LogP contribution in [0, 0.1) is 5.41 Å².